The van der Waals surface area contributed by atoms with Crippen molar-refractivity contribution in [1.82, 2.24) is 0 Å². The van der Waals surface area contributed by atoms with Crippen molar-refractivity contribution in [2.24, 2.45) is 0 Å². The Bertz CT molecular complexity index is 642. The molecule has 2 N–H and O–H groups in total. The Morgan fingerprint density at radius 3 is 1.86 bits per heavy atom. The van der Waals surface area contributed by atoms with Gasteiger partial charge in [0.1, 0.15) is 0 Å². The fraction of sp³-hybridized carbons (Fsp3) is 0.125. The van der Waals surface area contributed by atoms with E-state index >= 15 is 0 Å². The van der Waals surface area contributed by atoms with Crippen LogP contribution >= 0.6 is 45.2 Å². The molecule has 0 saturated carbocycles. The van der Waals surface area contributed by atoms with Crippen molar-refractivity contribution in [3.8, 4) is 0 Å². The molecule has 0 amide bonds. The summed E-state index contributed by atoms with van der Waals surface area (Å²) in [4.78, 5) is 21.2. The zero-order valence-electron chi connectivity index (χ0n) is 11.5. The summed E-state index contributed by atoms with van der Waals surface area (Å²) in [5.41, 5.74) is 1.16. The lowest BCUT2D eigenvalue weighted by molar-refractivity contribution is -0.137. The van der Waals surface area contributed by atoms with E-state index in [0.29, 0.717) is 11.1 Å². The molecule has 116 valence electrons. The number of aliphatic carboxylic acids is 2. The van der Waals surface area contributed by atoms with E-state index in [9.17, 15) is 9.59 Å². The predicted octanol–water partition coefficient (Wildman–Crippen LogP) is 3.84. The van der Waals surface area contributed by atoms with Gasteiger partial charge in [-0.2, -0.15) is 0 Å². The second kappa shape index (κ2) is 9.78. The molecule has 0 atom stereocenters. The molecule has 6 heteroatoms. The normalized spacial score (nSPS) is 9.55. The Hall–Kier alpha value is -1.16. The highest BCUT2D eigenvalue weighted by Gasteiger charge is 2.12. The first kappa shape index (κ1) is 18.9. The summed E-state index contributed by atoms with van der Waals surface area (Å²) >= 11 is 4.29. The van der Waals surface area contributed by atoms with Crippen LogP contribution in [-0.2, 0) is 22.4 Å². The van der Waals surface area contributed by atoms with Crippen LogP contribution in [0.4, 0.5) is 0 Å². The third-order valence-corrected chi connectivity index (χ3v) is 4.35. The van der Waals surface area contributed by atoms with Gasteiger partial charge in [-0.1, -0.05) is 30.3 Å². The number of carboxylic acids is 2. The molecule has 4 nitrogen and oxygen atoms in total. The third kappa shape index (κ3) is 7.21. The van der Waals surface area contributed by atoms with Crippen LogP contribution in [0.2, 0.25) is 0 Å². The van der Waals surface area contributed by atoms with Gasteiger partial charge in [-0.25, -0.2) is 0 Å². The lowest BCUT2D eigenvalue weighted by Crippen LogP contribution is -2.09. The summed E-state index contributed by atoms with van der Waals surface area (Å²) in [7, 11) is 0. The lowest BCUT2D eigenvalue weighted by atomic mass is 10.0. The van der Waals surface area contributed by atoms with Crippen molar-refractivity contribution >= 4 is 57.1 Å². The molecule has 0 aromatic heterocycles. The van der Waals surface area contributed by atoms with Crippen LogP contribution < -0.4 is 0 Å². The van der Waals surface area contributed by atoms with Gasteiger partial charge in [-0.15, -0.1) is 0 Å². The fourth-order valence-corrected chi connectivity index (χ4v) is 2.86. The molecule has 0 heterocycles. The summed E-state index contributed by atoms with van der Waals surface area (Å²) in [5, 5.41) is 17.4. The van der Waals surface area contributed by atoms with E-state index in [1.165, 1.54) is 3.57 Å². The Morgan fingerprint density at radius 2 is 1.41 bits per heavy atom. The monoisotopic (exact) mass is 524 g/mol. The minimum Gasteiger partial charge on any atom is -0.481 e. The predicted molar refractivity (Wildman–Crippen MR) is 101 cm³/mol. The Balaban J connectivity index is 0.000000287. The topological polar surface area (TPSA) is 74.6 Å². The van der Waals surface area contributed by atoms with Crippen LogP contribution in [0.15, 0.2) is 48.5 Å². The Labute approximate surface area is 155 Å². The second-order valence-corrected chi connectivity index (χ2v) is 6.72. The number of hydrogen-bond donors (Lipinski definition) is 2. The van der Waals surface area contributed by atoms with E-state index in [1.807, 2.05) is 40.8 Å². The maximum atomic E-state index is 10.6. The van der Waals surface area contributed by atoms with E-state index in [4.69, 9.17) is 10.2 Å². The fourth-order valence-electron chi connectivity index (χ4n) is 1.70. The molecule has 0 aliphatic carbocycles. The van der Waals surface area contributed by atoms with Crippen molar-refractivity contribution in [2.75, 3.05) is 0 Å². The standard InChI is InChI=1S/C10H9IO4.C6H5I/c11-8-3-1-2-6(4-9(12)13)7(8)5-10(14)15;7-6-4-2-1-3-5-6/h1-3H,4-5H2,(H,12,13)(H,14,15);1-5H. The van der Waals surface area contributed by atoms with Crippen molar-refractivity contribution in [3.63, 3.8) is 0 Å². The highest BCUT2D eigenvalue weighted by atomic mass is 127. The minimum atomic E-state index is -0.955. The van der Waals surface area contributed by atoms with Gasteiger partial charge in [0.15, 0.2) is 0 Å². The van der Waals surface area contributed by atoms with E-state index < -0.39 is 11.9 Å². The number of benzene rings is 2. The first-order valence-corrected chi connectivity index (χ1v) is 8.46. The average Bonchev–Trinajstić information content (AvgIpc) is 2.43. The van der Waals surface area contributed by atoms with Crippen molar-refractivity contribution in [2.45, 2.75) is 12.8 Å². The van der Waals surface area contributed by atoms with Gasteiger partial charge in [0.25, 0.3) is 0 Å². The molecule has 2 rings (SSSR count). The van der Waals surface area contributed by atoms with Crippen LogP contribution in [0.1, 0.15) is 11.1 Å². The second-order valence-electron chi connectivity index (χ2n) is 4.31. The maximum Gasteiger partial charge on any atom is 0.307 e. The van der Waals surface area contributed by atoms with Gasteiger partial charge in [-0.05, 0) is 74.5 Å². The van der Waals surface area contributed by atoms with Gasteiger partial charge >= 0.3 is 11.9 Å². The van der Waals surface area contributed by atoms with E-state index in [2.05, 4.69) is 34.7 Å². The molecule has 2 aromatic rings. The number of rotatable bonds is 4. The highest BCUT2D eigenvalue weighted by molar-refractivity contribution is 14.1. The van der Waals surface area contributed by atoms with Crippen LogP contribution in [0.25, 0.3) is 0 Å². The van der Waals surface area contributed by atoms with E-state index in [-0.39, 0.29) is 12.8 Å². The van der Waals surface area contributed by atoms with Gasteiger partial charge in [-0.3, -0.25) is 9.59 Å². The Kier molecular flexibility index (Phi) is 8.39. The Morgan fingerprint density at radius 1 is 0.818 bits per heavy atom. The molecule has 0 saturated heterocycles. The quantitative estimate of drug-likeness (QED) is 0.597. The van der Waals surface area contributed by atoms with Crippen LogP contribution in [0.5, 0.6) is 0 Å². The van der Waals surface area contributed by atoms with Crippen LogP contribution in [-0.4, -0.2) is 22.2 Å². The van der Waals surface area contributed by atoms with Crippen molar-refractivity contribution in [1.29, 1.82) is 0 Å². The highest BCUT2D eigenvalue weighted by Crippen LogP contribution is 2.18. The molecule has 22 heavy (non-hydrogen) atoms. The van der Waals surface area contributed by atoms with Gasteiger partial charge in [0.2, 0.25) is 0 Å². The molecule has 0 bridgehead atoms. The molecule has 2 aromatic carbocycles. The zero-order chi connectivity index (χ0) is 16.5. The summed E-state index contributed by atoms with van der Waals surface area (Å²) in [6.45, 7) is 0. The maximum absolute atomic E-state index is 10.6. The van der Waals surface area contributed by atoms with E-state index in [1.54, 1.807) is 18.2 Å². The van der Waals surface area contributed by atoms with Gasteiger partial charge < -0.3 is 10.2 Å². The summed E-state index contributed by atoms with van der Waals surface area (Å²) < 4.78 is 2.08. The van der Waals surface area contributed by atoms with E-state index in [0.717, 1.165) is 3.57 Å². The third-order valence-electron chi connectivity index (χ3n) is 2.62. The summed E-state index contributed by atoms with van der Waals surface area (Å²) in [6, 6.07) is 15.4. The molecule has 0 radical (unpaired) electrons. The average molecular weight is 524 g/mol. The molecule has 0 unspecified atom stereocenters. The van der Waals surface area contributed by atoms with Crippen LogP contribution in [0, 0.1) is 7.14 Å². The van der Waals surface area contributed by atoms with Gasteiger partial charge in [0, 0.05) is 7.14 Å². The number of hydrogen-bond acceptors (Lipinski definition) is 2. The first-order chi connectivity index (χ1) is 10.4. The minimum absolute atomic E-state index is 0.137. The molecule has 0 aliphatic heterocycles. The molecular formula is C16H14I2O4. The van der Waals surface area contributed by atoms with Gasteiger partial charge in [0.05, 0.1) is 12.8 Å². The van der Waals surface area contributed by atoms with Crippen molar-refractivity contribution in [3.05, 3.63) is 66.8 Å². The molecule has 0 fully saturated rings. The first-order valence-electron chi connectivity index (χ1n) is 6.30. The molecule has 0 aliphatic rings. The smallest absolute Gasteiger partial charge is 0.307 e. The molecular weight excluding hydrogens is 510 g/mol. The van der Waals surface area contributed by atoms with Crippen LogP contribution in [0.3, 0.4) is 0 Å². The lowest BCUT2D eigenvalue weighted by Gasteiger charge is -2.07. The number of carbonyl (C=O) groups is 2. The van der Waals surface area contributed by atoms with Crippen molar-refractivity contribution < 1.29 is 19.8 Å². The summed E-state index contributed by atoms with van der Waals surface area (Å²) in [5.74, 6) is -1.91. The SMILES string of the molecule is Ic1ccccc1.O=C(O)Cc1cccc(I)c1CC(=O)O. The summed E-state index contributed by atoms with van der Waals surface area (Å²) in [6.07, 6.45) is -0.277. The molecule has 0 spiro atoms. The largest absolute Gasteiger partial charge is 0.481 e. The zero-order valence-corrected chi connectivity index (χ0v) is 15.8. The number of halogens is 2. The number of carboxylic acid groups (broad SMARTS) is 2.